The van der Waals surface area contributed by atoms with Crippen molar-refractivity contribution < 1.29 is 61.1 Å². The number of phosphoric ester groups is 2. The van der Waals surface area contributed by atoms with Gasteiger partial charge in [-0.3, -0.25) is 32.4 Å². The number of anilines is 2. The van der Waals surface area contributed by atoms with Gasteiger partial charge < -0.3 is 45.5 Å². The first-order chi connectivity index (χ1) is 21.7. The van der Waals surface area contributed by atoms with Crippen LogP contribution in [0.2, 0.25) is 0 Å². The molecular formula is C21H26FN9O13P2. The van der Waals surface area contributed by atoms with Crippen LogP contribution in [-0.2, 0) is 36.7 Å². The van der Waals surface area contributed by atoms with Crippen LogP contribution in [0.15, 0.2) is 23.6 Å². The third-order valence-corrected chi connectivity index (χ3v) is 9.12. The Bertz CT molecular complexity index is 1940. The third-order valence-electron chi connectivity index (χ3n) is 7.18. The maximum Gasteiger partial charge on any atom is 0.474 e. The number of nitrogens with two attached hydrogens (primary N) is 2. The molecule has 0 aliphatic carbocycles. The second-order valence-corrected chi connectivity index (χ2v) is 12.8. The summed E-state index contributed by atoms with van der Waals surface area (Å²) in [4.78, 5) is 51.3. The van der Waals surface area contributed by atoms with Crippen molar-refractivity contribution in [1.82, 2.24) is 34.1 Å². The van der Waals surface area contributed by atoms with Gasteiger partial charge in [-0.05, 0) is 0 Å². The highest BCUT2D eigenvalue weighted by molar-refractivity contribution is 7.47. The van der Waals surface area contributed by atoms with Crippen LogP contribution in [0, 0.1) is 5.82 Å². The van der Waals surface area contributed by atoms with E-state index in [1.807, 2.05) is 0 Å². The van der Waals surface area contributed by atoms with E-state index in [0.29, 0.717) is 0 Å². The lowest BCUT2D eigenvalue weighted by Gasteiger charge is -2.30. The number of phosphoric acid groups is 2. The number of methoxy groups -OCH3 is 1. The SMILES string of the molecule is CO[C@@H]1COP(=O)(O)O[C@H]2[C@@H](O)[C@H](n3cc(F)c4c(N)ncnc43)O[C@@H]2COP(=O)(O)O[C@@H](n2cnc3c(=O)[nH]c(N)nc32)[C@@H]1O. The summed E-state index contributed by atoms with van der Waals surface area (Å²) >= 11 is 0. The fraction of sp³-hybridized carbons (Fsp3) is 0.476. The molecule has 0 radical (unpaired) electrons. The summed E-state index contributed by atoms with van der Waals surface area (Å²) in [5, 5.41) is 22.1. The topological polar surface area (TPSA) is 317 Å². The predicted molar refractivity (Wildman–Crippen MR) is 148 cm³/mol. The van der Waals surface area contributed by atoms with Crippen LogP contribution in [0.4, 0.5) is 16.2 Å². The number of halogens is 1. The maximum absolute atomic E-state index is 14.8. The van der Waals surface area contributed by atoms with Gasteiger partial charge in [0.2, 0.25) is 5.95 Å². The van der Waals surface area contributed by atoms with Crippen molar-refractivity contribution in [2.24, 2.45) is 0 Å². The highest BCUT2D eigenvalue weighted by atomic mass is 31.2. The standard InChI is InChI=1S/C21H26FN9O13P2/c1-39-8-3-40-45(35,36)43-14-9(42-19(13(14)33)30-2-7(22)10-15(23)25-5-26-16(10)30)4-41-46(37,38)44-20(12(8)32)31-6-27-11-17(31)28-21(24)29-18(11)34/h2,5-6,8-9,12-14,19-20,32-33H,3-4H2,1H3,(H,35,36)(H,37,38)(H2,23,25,26)(H3,24,28,29,34)/t8-,9-,12-,13-,14-,19-,20-/m1/s1. The average Bonchev–Trinajstić information content (AvgIpc) is 3.64. The molecule has 6 rings (SSSR count). The molecule has 0 aromatic carbocycles. The first-order valence-electron chi connectivity index (χ1n) is 13.0. The Kier molecular flexibility index (Phi) is 8.46. The van der Waals surface area contributed by atoms with Crippen LogP contribution in [-0.4, -0.2) is 105 Å². The molecule has 2 fully saturated rings. The van der Waals surface area contributed by atoms with Crippen molar-refractivity contribution in [1.29, 1.82) is 0 Å². The van der Waals surface area contributed by atoms with E-state index >= 15 is 0 Å². The summed E-state index contributed by atoms with van der Waals surface area (Å²) in [5.74, 6) is -1.47. The molecule has 4 aromatic heterocycles. The van der Waals surface area contributed by atoms with Gasteiger partial charge in [0.1, 0.15) is 42.7 Å². The van der Waals surface area contributed by atoms with Crippen LogP contribution in [0.5, 0.6) is 0 Å². The number of aromatic nitrogens is 7. The number of hydrogen-bond donors (Lipinski definition) is 7. The van der Waals surface area contributed by atoms with E-state index in [9.17, 15) is 38.3 Å². The minimum atomic E-state index is -5.26. The highest BCUT2D eigenvalue weighted by Gasteiger charge is 2.51. The van der Waals surface area contributed by atoms with Gasteiger partial charge in [0, 0.05) is 13.3 Å². The molecule has 0 bridgehead atoms. The van der Waals surface area contributed by atoms with Gasteiger partial charge in [-0.2, -0.15) is 4.98 Å². The van der Waals surface area contributed by atoms with E-state index in [2.05, 4.69) is 24.9 Å². The summed E-state index contributed by atoms with van der Waals surface area (Å²) in [6.07, 6.45) is -9.54. The number of aromatic amines is 1. The summed E-state index contributed by atoms with van der Waals surface area (Å²) in [6.45, 7) is -1.84. The van der Waals surface area contributed by atoms with E-state index < -0.39 is 83.2 Å². The van der Waals surface area contributed by atoms with E-state index in [4.69, 9.17) is 39.0 Å². The van der Waals surface area contributed by atoms with E-state index in [-0.39, 0.29) is 34.0 Å². The summed E-state index contributed by atoms with van der Waals surface area (Å²) in [6, 6.07) is 0. The zero-order valence-corrected chi connectivity index (χ0v) is 25.1. The summed E-state index contributed by atoms with van der Waals surface area (Å²) in [7, 11) is -9.34. The highest BCUT2D eigenvalue weighted by Crippen LogP contribution is 2.52. The number of nitrogens with zero attached hydrogens (tertiary/aromatic N) is 6. The molecule has 2 unspecified atom stereocenters. The fourth-order valence-corrected chi connectivity index (χ4v) is 6.91. The Morgan fingerprint density at radius 1 is 1.02 bits per heavy atom. The van der Waals surface area contributed by atoms with Crippen molar-refractivity contribution in [2.75, 3.05) is 31.8 Å². The second-order valence-electron chi connectivity index (χ2n) is 10.0. The molecule has 0 spiro atoms. The lowest BCUT2D eigenvalue weighted by Crippen LogP contribution is -2.40. The van der Waals surface area contributed by atoms with Crippen LogP contribution in [0.1, 0.15) is 12.5 Å². The predicted octanol–water partition coefficient (Wildman–Crippen LogP) is -1.35. The monoisotopic (exact) mass is 693 g/mol. The van der Waals surface area contributed by atoms with E-state index in [0.717, 1.165) is 35.1 Å². The van der Waals surface area contributed by atoms with Crippen molar-refractivity contribution >= 4 is 49.6 Å². The molecule has 2 aliphatic heterocycles. The molecule has 46 heavy (non-hydrogen) atoms. The van der Waals surface area contributed by atoms with Crippen LogP contribution < -0.4 is 17.0 Å². The molecule has 0 saturated carbocycles. The van der Waals surface area contributed by atoms with Crippen LogP contribution in [0.25, 0.3) is 22.2 Å². The molecule has 2 aliphatic rings. The van der Waals surface area contributed by atoms with Crippen molar-refractivity contribution in [3.8, 4) is 0 Å². The number of aliphatic hydroxyl groups is 2. The number of rotatable bonds is 3. The lowest BCUT2D eigenvalue weighted by atomic mass is 10.1. The molecule has 4 aromatic rings. The number of aliphatic hydroxyl groups excluding tert-OH is 2. The Labute approximate surface area is 254 Å². The molecule has 9 atom stereocenters. The van der Waals surface area contributed by atoms with Gasteiger partial charge in [-0.25, -0.2) is 28.5 Å². The molecule has 2 saturated heterocycles. The van der Waals surface area contributed by atoms with E-state index in [1.54, 1.807) is 0 Å². The quantitative estimate of drug-likeness (QED) is 0.122. The molecule has 0 amide bonds. The Balaban J connectivity index is 1.37. The van der Waals surface area contributed by atoms with Gasteiger partial charge in [0.15, 0.2) is 35.1 Å². The minimum Gasteiger partial charge on any atom is -0.386 e. The summed E-state index contributed by atoms with van der Waals surface area (Å²) < 4.78 is 74.6. The molecule has 6 heterocycles. The van der Waals surface area contributed by atoms with Crippen molar-refractivity contribution in [2.45, 2.75) is 43.0 Å². The van der Waals surface area contributed by atoms with Crippen molar-refractivity contribution in [3.05, 3.63) is 35.0 Å². The van der Waals surface area contributed by atoms with Gasteiger partial charge >= 0.3 is 15.6 Å². The number of imidazole rings is 1. The zero-order chi connectivity index (χ0) is 33.1. The second kappa shape index (κ2) is 12.0. The molecular weight excluding hydrogens is 667 g/mol. The number of nitrogens with one attached hydrogen (secondary N) is 1. The molecule has 9 N–H and O–H groups in total. The largest absolute Gasteiger partial charge is 0.474 e. The van der Waals surface area contributed by atoms with Gasteiger partial charge in [-0.15, -0.1) is 0 Å². The smallest absolute Gasteiger partial charge is 0.386 e. The molecule has 25 heteroatoms. The Hall–Kier alpha value is -3.44. The number of nitrogen functional groups attached to an aromatic ring is 2. The molecule has 250 valence electrons. The normalized spacial score (nSPS) is 34.6. The third kappa shape index (κ3) is 5.92. The fourth-order valence-electron chi connectivity index (χ4n) is 5.05. The average molecular weight is 693 g/mol. The first kappa shape index (κ1) is 32.5. The summed E-state index contributed by atoms with van der Waals surface area (Å²) in [5.41, 5.74) is 9.91. The number of ether oxygens (including phenoxy) is 2. The lowest BCUT2D eigenvalue weighted by molar-refractivity contribution is -0.113. The van der Waals surface area contributed by atoms with E-state index in [1.165, 1.54) is 0 Å². The maximum atomic E-state index is 14.8. The van der Waals surface area contributed by atoms with Gasteiger partial charge in [0.05, 0.1) is 24.9 Å². The number of hydrogen-bond acceptors (Lipinski definition) is 17. The number of H-pyrrole nitrogens is 1. The molecule has 22 nitrogen and oxygen atoms in total. The van der Waals surface area contributed by atoms with Gasteiger partial charge in [0.25, 0.3) is 5.56 Å². The first-order valence-corrected chi connectivity index (χ1v) is 16.0. The minimum absolute atomic E-state index is 0.122. The number of fused-ring (bicyclic) bond motifs is 3. The van der Waals surface area contributed by atoms with Crippen molar-refractivity contribution in [3.63, 3.8) is 0 Å². The Morgan fingerprint density at radius 3 is 2.48 bits per heavy atom. The Morgan fingerprint density at radius 2 is 1.74 bits per heavy atom. The van der Waals surface area contributed by atoms with Crippen LogP contribution in [0.3, 0.4) is 0 Å². The van der Waals surface area contributed by atoms with Gasteiger partial charge in [-0.1, -0.05) is 0 Å². The zero-order valence-electron chi connectivity index (χ0n) is 23.3. The van der Waals surface area contributed by atoms with Crippen LogP contribution >= 0.6 is 15.6 Å².